The summed E-state index contributed by atoms with van der Waals surface area (Å²) >= 11 is 0. The maximum absolute atomic E-state index is 11.5. The van der Waals surface area contributed by atoms with Gasteiger partial charge in [-0.05, 0) is 24.6 Å². The highest BCUT2D eigenvalue weighted by molar-refractivity contribution is 5.82. The molecule has 0 spiro atoms. The number of carbonyl (C=O) groups excluding carboxylic acids is 1. The highest BCUT2D eigenvalue weighted by atomic mass is 16.2. The Balaban J connectivity index is 2.31. The minimum absolute atomic E-state index is 0.170. The van der Waals surface area contributed by atoms with Crippen molar-refractivity contribution < 1.29 is 4.79 Å². The highest BCUT2D eigenvalue weighted by Crippen LogP contribution is 2.28. The van der Waals surface area contributed by atoms with E-state index in [0.29, 0.717) is 6.42 Å². The van der Waals surface area contributed by atoms with Crippen LogP contribution in [0.15, 0.2) is 29.8 Å². The number of hydrogen-bond acceptors (Lipinski definition) is 2. The van der Waals surface area contributed by atoms with Crippen LogP contribution in [0.1, 0.15) is 12.8 Å². The molecule has 1 unspecified atom stereocenters. The van der Waals surface area contributed by atoms with E-state index < -0.39 is 5.66 Å². The maximum atomic E-state index is 11.5. The average Bonchev–Trinajstić information content (AvgIpc) is 2.73. The second-order valence-corrected chi connectivity index (χ2v) is 3.27. The molecule has 1 saturated heterocycles. The predicted octanol–water partition coefficient (Wildman–Crippen LogP) is 1.13. The summed E-state index contributed by atoms with van der Waals surface area (Å²) in [5.74, 6) is 0.170. The summed E-state index contributed by atoms with van der Waals surface area (Å²) in [5, 5.41) is 0. The Morgan fingerprint density at radius 1 is 1.69 bits per heavy atom. The third kappa shape index (κ3) is 1.11. The van der Waals surface area contributed by atoms with E-state index in [-0.39, 0.29) is 5.91 Å². The summed E-state index contributed by atoms with van der Waals surface area (Å²) < 4.78 is 0. The number of carbonyl (C=O) groups is 1. The third-order valence-corrected chi connectivity index (χ3v) is 2.52. The zero-order chi connectivity index (χ0) is 9.31. The topological polar surface area (TPSA) is 32.7 Å². The number of likely N-dealkylation sites (tertiary alicyclic amines) is 1. The van der Waals surface area contributed by atoms with Gasteiger partial charge in [-0.1, -0.05) is 6.58 Å². The van der Waals surface area contributed by atoms with E-state index >= 15 is 0 Å². The molecule has 2 heterocycles. The van der Waals surface area contributed by atoms with E-state index in [2.05, 4.69) is 11.6 Å². The van der Waals surface area contributed by atoms with Gasteiger partial charge in [0.05, 0.1) is 0 Å². The number of allylic oxidation sites excluding steroid dienone is 1. The van der Waals surface area contributed by atoms with E-state index in [1.54, 1.807) is 17.2 Å². The van der Waals surface area contributed by atoms with Gasteiger partial charge >= 0.3 is 0 Å². The molecule has 68 valence electrons. The van der Waals surface area contributed by atoms with Crippen molar-refractivity contribution in [3.05, 3.63) is 24.8 Å². The molecule has 0 N–H and O–H groups in total. The van der Waals surface area contributed by atoms with Crippen LogP contribution in [-0.4, -0.2) is 29.2 Å². The van der Waals surface area contributed by atoms with Gasteiger partial charge in [0.25, 0.3) is 0 Å². The molecule has 3 nitrogen and oxygen atoms in total. The third-order valence-electron chi connectivity index (χ3n) is 2.52. The summed E-state index contributed by atoms with van der Waals surface area (Å²) in [6.07, 6.45) is 8.76. The Bertz CT molecular complexity index is 292. The van der Waals surface area contributed by atoms with Crippen LogP contribution in [0.25, 0.3) is 0 Å². The lowest BCUT2D eigenvalue weighted by Crippen LogP contribution is -2.43. The predicted molar refractivity (Wildman–Crippen MR) is 51.5 cm³/mol. The fourth-order valence-corrected chi connectivity index (χ4v) is 1.81. The largest absolute Gasteiger partial charge is 0.311 e. The first-order valence-electron chi connectivity index (χ1n) is 4.46. The summed E-state index contributed by atoms with van der Waals surface area (Å²) in [7, 11) is 0. The summed E-state index contributed by atoms with van der Waals surface area (Å²) in [5.41, 5.74) is -0.576. The smallest absolute Gasteiger partial charge is 0.225 e. The molecule has 0 aromatic carbocycles. The molecule has 0 saturated carbocycles. The van der Waals surface area contributed by atoms with Crippen LogP contribution < -0.4 is 0 Å². The van der Waals surface area contributed by atoms with Gasteiger partial charge in [0.1, 0.15) is 0 Å². The molecule has 1 fully saturated rings. The van der Waals surface area contributed by atoms with E-state index in [4.69, 9.17) is 0 Å². The molecule has 0 radical (unpaired) electrons. The normalized spacial score (nSPS) is 31.7. The molecule has 13 heavy (non-hydrogen) atoms. The van der Waals surface area contributed by atoms with E-state index in [1.807, 2.05) is 12.2 Å². The minimum atomic E-state index is -0.576. The Morgan fingerprint density at radius 3 is 3.00 bits per heavy atom. The molecular weight excluding hydrogens is 164 g/mol. The lowest BCUT2D eigenvalue weighted by Gasteiger charge is -2.31. The van der Waals surface area contributed by atoms with Crippen LogP contribution in [0.3, 0.4) is 0 Å². The maximum Gasteiger partial charge on any atom is 0.225 e. The Hall–Kier alpha value is -1.38. The number of aliphatic imine (C=N–C) groups is 1. The van der Waals surface area contributed by atoms with Crippen molar-refractivity contribution in [2.75, 3.05) is 6.54 Å². The quantitative estimate of drug-likeness (QED) is 0.580. The second-order valence-electron chi connectivity index (χ2n) is 3.27. The molecule has 1 atom stereocenters. The van der Waals surface area contributed by atoms with Crippen molar-refractivity contribution >= 4 is 12.1 Å². The van der Waals surface area contributed by atoms with Gasteiger partial charge < -0.3 is 4.90 Å². The molecule has 0 bridgehead atoms. The van der Waals surface area contributed by atoms with Gasteiger partial charge in [-0.2, -0.15) is 0 Å². The van der Waals surface area contributed by atoms with Gasteiger partial charge in [0.15, 0.2) is 5.66 Å². The molecule has 1 amide bonds. The van der Waals surface area contributed by atoms with Crippen molar-refractivity contribution in [3.63, 3.8) is 0 Å². The zero-order valence-corrected chi connectivity index (χ0v) is 7.44. The van der Waals surface area contributed by atoms with E-state index in [1.165, 1.54) is 0 Å². The number of hydrogen-bond donors (Lipinski definition) is 0. The molecule has 2 aliphatic rings. The molecule has 2 rings (SSSR count). The summed E-state index contributed by atoms with van der Waals surface area (Å²) in [6.45, 7) is 4.52. The molecule has 0 aromatic heterocycles. The monoisotopic (exact) mass is 176 g/mol. The lowest BCUT2D eigenvalue weighted by atomic mass is 10.1. The zero-order valence-electron chi connectivity index (χ0n) is 7.44. The Kier molecular flexibility index (Phi) is 1.79. The van der Waals surface area contributed by atoms with Crippen molar-refractivity contribution in [1.29, 1.82) is 0 Å². The highest BCUT2D eigenvalue weighted by Gasteiger charge is 2.37. The molecule has 0 aliphatic carbocycles. The van der Waals surface area contributed by atoms with Crippen LogP contribution >= 0.6 is 0 Å². The Labute approximate surface area is 77.4 Å². The number of nitrogens with zero attached hydrogens (tertiary/aromatic N) is 2. The van der Waals surface area contributed by atoms with Gasteiger partial charge in [-0.15, -0.1) is 0 Å². The molecule has 0 aromatic rings. The fraction of sp³-hybridized carbons (Fsp3) is 0.400. The van der Waals surface area contributed by atoms with Crippen molar-refractivity contribution in [1.82, 2.24) is 4.90 Å². The minimum Gasteiger partial charge on any atom is -0.311 e. The van der Waals surface area contributed by atoms with E-state index in [0.717, 1.165) is 13.0 Å². The van der Waals surface area contributed by atoms with Crippen LogP contribution in [0.2, 0.25) is 0 Å². The first-order valence-corrected chi connectivity index (χ1v) is 4.46. The summed E-state index contributed by atoms with van der Waals surface area (Å²) in [4.78, 5) is 17.5. The molecular formula is C10H12N2O. The lowest BCUT2D eigenvalue weighted by molar-refractivity contribution is -0.130. The van der Waals surface area contributed by atoms with Gasteiger partial charge in [-0.3, -0.25) is 9.79 Å². The first-order chi connectivity index (χ1) is 6.28. The molecule has 2 aliphatic heterocycles. The summed E-state index contributed by atoms with van der Waals surface area (Å²) in [6, 6.07) is 0. The van der Waals surface area contributed by atoms with Gasteiger partial charge in [0, 0.05) is 19.2 Å². The number of amides is 1. The standard InChI is InChI=1S/C10H12N2O/c1-2-10(6-4-7-11-10)12-8-3-5-9(12)13/h2,4,6-7H,1,3,5,8H2. The van der Waals surface area contributed by atoms with Crippen molar-refractivity contribution in [3.8, 4) is 0 Å². The second kappa shape index (κ2) is 2.83. The number of rotatable bonds is 2. The van der Waals surface area contributed by atoms with Gasteiger partial charge in [-0.25, -0.2) is 0 Å². The Morgan fingerprint density at radius 2 is 2.54 bits per heavy atom. The van der Waals surface area contributed by atoms with E-state index in [9.17, 15) is 4.79 Å². The first kappa shape index (κ1) is 8.23. The van der Waals surface area contributed by atoms with Gasteiger partial charge in [0.2, 0.25) is 5.91 Å². The van der Waals surface area contributed by atoms with Crippen molar-refractivity contribution in [2.24, 2.45) is 4.99 Å². The van der Waals surface area contributed by atoms with Crippen molar-refractivity contribution in [2.45, 2.75) is 18.5 Å². The van der Waals surface area contributed by atoms with Crippen LogP contribution in [0.5, 0.6) is 0 Å². The van der Waals surface area contributed by atoms with Crippen LogP contribution in [0.4, 0.5) is 0 Å². The SMILES string of the molecule is C=CC1(N2CCCC2=O)C=CC=N1. The molecule has 3 heteroatoms. The van der Waals surface area contributed by atoms with Crippen LogP contribution in [-0.2, 0) is 4.79 Å². The average molecular weight is 176 g/mol. The van der Waals surface area contributed by atoms with Crippen LogP contribution in [0, 0.1) is 0 Å². The fourth-order valence-electron chi connectivity index (χ4n) is 1.81.